The summed E-state index contributed by atoms with van der Waals surface area (Å²) in [6.45, 7) is 2.92. The number of hydrogen-bond acceptors (Lipinski definition) is 4. The minimum Gasteiger partial charge on any atom is -0.369 e. The number of aryl methyl sites for hydroxylation is 2. The second-order valence-electron chi connectivity index (χ2n) is 3.77. The van der Waals surface area contributed by atoms with Crippen molar-refractivity contribution in [2.75, 3.05) is 17.7 Å². The SMILES string of the molecule is CSCCCn1c(N)nc2c(C)ccnc21. The maximum Gasteiger partial charge on any atom is 0.202 e. The van der Waals surface area contributed by atoms with E-state index < -0.39 is 0 Å². The fourth-order valence-corrected chi connectivity index (χ4v) is 2.16. The highest BCUT2D eigenvalue weighted by Gasteiger charge is 2.10. The molecule has 0 saturated heterocycles. The summed E-state index contributed by atoms with van der Waals surface area (Å²) in [4.78, 5) is 8.72. The van der Waals surface area contributed by atoms with Gasteiger partial charge in [-0.2, -0.15) is 11.8 Å². The van der Waals surface area contributed by atoms with E-state index in [2.05, 4.69) is 16.2 Å². The summed E-state index contributed by atoms with van der Waals surface area (Å²) >= 11 is 1.84. The van der Waals surface area contributed by atoms with Crippen LogP contribution in [0.3, 0.4) is 0 Å². The van der Waals surface area contributed by atoms with Gasteiger partial charge >= 0.3 is 0 Å². The van der Waals surface area contributed by atoms with Crippen molar-refractivity contribution in [3.05, 3.63) is 17.8 Å². The number of imidazole rings is 1. The Labute approximate surface area is 99.3 Å². The van der Waals surface area contributed by atoms with E-state index in [1.165, 1.54) is 0 Å². The second-order valence-corrected chi connectivity index (χ2v) is 4.75. The molecule has 0 bridgehead atoms. The molecule has 0 saturated carbocycles. The fraction of sp³-hybridized carbons (Fsp3) is 0.455. The molecule has 5 heteroatoms. The van der Waals surface area contributed by atoms with E-state index in [1.807, 2.05) is 35.5 Å². The smallest absolute Gasteiger partial charge is 0.202 e. The Morgan fingerprint density at radius 2 is 2.31 bits per heavy atom. The third-order valence-electron chi connectivity index (χ3n) is 2.60. The normalized spacial score (nSPS) is 11.1. The molecule has 0 aliphatic carbocycles. The molecule has 2 heterocycles. The highest BCUT2D eigenvalue weighted by Crippen LogP contribution is 2.19. The Morgan fingerprint density at radius 3 is 3.06 bits per heavy atom. The molecular weight excluding hydrogens is 220 g/mol. The summed E-state index contributed by atoms with van der Waals surface area (Å²) in [7, 11) is 0. The first kappa shape index (κ1) is 11.3. The van der Waals surface area contributed by atoms with Crippen LogP contribution >= 0.6 is 11.8 Å². The molecule has 0 aliphatic rings. The van der Waals surface area contributed by atoms with E-state index in [9.17, 15) is 0 Å². The predicted octanol–water partition coefficient (Wildman–Crippen LogP) is 2.08. The quantitative estimate of drug-likeness (QED) is 0.826. The second kappa shape index (κ2) is 4.74. The van der Waals surface area contributed by atoms with Crippen molar-refractivity contribution in [1.82, 2.24) is 14.5 Å². The molecule has 2 rings (SSSR count). The monoisotopic (exact) mass is 236 g/mol. The first-order valence-corrected chi connectivity index (χ1v) is 6.69. The summed E-state index contributed by atoms with van der Waals surface area (Å²) in [5, 5.41) is 0. The predicted molar refractivity (Wildman–Crippen MR) is 69.7 cm³/mol. The van der Waals surface area contributed by atoms with Gasteiger partial charge < -0.3 is 5.73 Å². The van der Waals surface area contributed by atoms with E-state index in [0.717, 1.165) is 35.4 Å². The third kappa shape index (κ3) is 2.00. The van der Waals surface area contributed by atoms with Gasteiger partial charge in [-0.3, -0.25) is 4.57 Å². The van der Waals surface area contributed by atoms with Crippen LogP contribution in [-0.2, 0) is 6.54 Å². The lowest BCUT2D eigenvalue weighted by Crippen LogP contribution is -2.04. The average molecular weight is 236 g/mol. The van der Waals surface area contributed by atoms with Crippen LogP contribution in [0.15, 0.2) is 12.3 Å². The molecule has 0 spiro atoms. The van der Waals surface area contributed by atoms with E-state index in [1.54, 1.807) is 0 Å². The maximum absolute atomic E-state index is 5.91. The summed E-state index contributed by atoms with van der Waals surface area (Å²) in [5.74, 6) is 1.70. The first-order chi connectivity index (χ1) is 7.74. The zero-order chi connectivity index (χ0) is 11.5. The number of nitrogens with two attached hydrogens (primary N) is 1. The topological polar surface area (TPSA) is 56.7 Å². The fourth-order valence-electron chi connectivity index (χ4n) is 1.74. The van der Waals surface area contributed by atoms with Crippen LogP contribution in [0.4, 0.5) is 5.95 Å². The molecular formula is C11H16N4S. The Hall–Kier alpha value is -1.23. The molecule has 2 aromatic rings. The van der Waals surface area contributed by atoms with Crippen molar-refractivity contribution < 1.29 is 0 Å². The number of thioether (sulfide) groups is 1. The van der Waals surface area contributed by atoms with Crippen LogP contribution in [0.25, 0.3) is 11.2 Å². The van der Waals surface area contributed by atoms with Crippen LogP contribution in [0.5, 0.6) is 0 Å². The summed E-state index contributed by atoms with van der Waals surface area (Å²) in [5.41, 5.74) is 8.86. The number of hydrogen-bond donors (Lipinski definition) is 1. The van der Waals surface area contributed by atoms with Crippen LogP contribution in [-0.4, -0.2) is 26.5 Å². The molecule has 0 aliphatic heterocycles. The number of anilines is 1. The maximum atomic E-state index is 5.91. The Morgan fingerprint density at radius 1 is 1.50 bits per heavy atom. The molecule has 4 nitrogen and oxygen atoms in total. The van der Waals surface area contributed by atoms with E-state index in [4.69, 9.17) is 5.73 Å². The lowest BCUT2D eigenvalue weighted by Gasteiger charge is -2.04. The molecule has 0 unspecified atom stereocenters. The molecule has 0 atom stereocenters. The standard InChI is InChI=1S/C11H16N4S/c1-8-4-5-13-10-9(8)14-11(12)15(10)6-3-7-16-2/h4-5H,3,6-7H2,1-2H3,(H2,12,14). The number of nitrogens with zero attached hydrogens (tertiary/aromatic N) is 3. The molecule has 2 N–H and O–H groups in total. The van der Waals surface area contributed by atoms with Crippen LogP contribution < -0.4 is 5.73 Å². The van der Waals surface area contributed by atoms with Gasteiger partial charge in [-0.1, -0.05) is 0 Å². The van der Waals surface area contributed by atoms with Gasteiger partial charge in [0.2, 0.25) is 5.95 Å². The molecule has 2 aromatic heterocycles. The van der Waals surface area contributed by atoms with Gasteiger partial charge in [-0.15, -0.1) is 0 Å². The van der Waals surface area contributed by atoms with Gasteiger partial charge in [0, 0.05) is 12.7 Å². The number of nitrogen functional groups attached to an aromatic ring is 1. The van der Waals surface area contributed by atoms with Gasteiger partial charge in [0.25, 0.3) is 0 Å². The van der Waals surface area contributed by atoms with Gasteiger partial charge in [0.15, 0.2) is 5.65 Å². The van der Waals surface area contributed by atoms with Crippen molar-refractivity contribution in [2.24, 2.45) is 0 Å². The largest absolute Gasteiger partial charge is 0.369 e. The van der Waals surface area contributed by atoms with E-state index >= 15 is 0 Å². The summed E-state index contributed by atoms with van der Waals surface area (Å²) in [6, 6.07) is 1.96. The molecule has 0 amide bonds. The van der Waals surface area contributed by atoms with Crippen LogP contribution in [0, 0.1) is 6.92 Å². The van der Waals surface area contributed by atoms with Gasteiger partial charge in [-0.25, -0.2) is 9.97 Å². The Kier molecular flexibility index (Phi) is 3.33. The van der Waals surface area contributed by atoms with Gasteiger partial charge in [0.1, 0.15) is 5.52 Å². The number of aromatic nitrogens is 3. The molecule has 0 fully saturated rings. The minimum absolute atomic E-state index is 0.568. The lowest BCUT2D eigenvalue weighted by atomic mass is 10.3. The Bertz CT molecular complexity index is 492. The first-order valence-electron chi connectivity index (χ1n) is 5.30. The Balaban J connectivity index is 2.36. The zero-order valence-corrected chi connectivity index (χ0v) is 10.4. The minimum atomic E-state index is 0.568. The zero-order valence-electron chi connectivity index (χ0n) is 9.60. The van der Waals surface area contributed by atoms with E-state index in [-0.39, 0.29) is 0 Å². The highest BCUT2D eigenvalue weighted by molar-refractivity contribution is 7.98. The van der Waals surface area contributed by atoms with Crippen LogP contribution in [0.2, 0.25) is 0 Å². The number of fused-ring (bicyclic) bond motifs is 1. The molecule has 0 radical (unpaired) electrons. The third-order valence-corrected chi connectivity index (χ3v) is 3.29. The van der Waals surface area contributed by atoms with Gasteiger partial charge in [0.05, 0.1) is 0 Å². The van der Waals surface area contributed by atoms with E-state index in [0.29, 0.717) is 5.95 Å². The van der Waals surface area contributed by atoms with Crippen LogP contribution in [0.1, 0.15) is 12.0 Å². The van der Waals surface area contributed by atoms with Gasteiger partial charge in [-0.05, 0) is 37.0 Å². The molecule has 0 aromatic carbocycles. The van der Waals surface area contributed by atoms with Crippen molar-refractivity contribution in [2.45, 2.75) is 19.9 Å². The van der Waals surface area contributed by atoms with Crippen molar-refractivity contribution in [3.8, 4) is 0 Å². The summed E-state index contributed by atoms with van der Waals surface area (Å²) < 4.78 is 2.00. The van der Waals surface area contributed by atoms with Crippen molar-refractivity contribution in [3.63, 3.8) is 0 Å². The van der Waals surface area contributed by atoms with Crippen molar-refractivity contribution >= 4 is 28.9 Å². The average Bonchev–Trinajstić information content (AvgIpc) is 2.58. The highest BCUT2D eigenvalue weighted by atomic mass is 32.2. The summed E-state index contributed by atoms with van der Waals surface area (Å²) in [6.07, 6.45) is 5.01. The molecule has 86 valence electrons. The number of pyridine rings is 1. The lowest BCUT2D eigenvalue weighted by molar-refractivity contribution is 0.707. The number of rotatable bonds is 4. The van der Waals surface area contributed by atoms with Crippen molar-refractivity contribution in [1.29, 1.82) is 0 Å². The molecule has 16 heavy (non-hydrogen) atoms.